The van der Waals surface area contributed by atoms with Crippen LogP contribution in [0.1, 0.15) is 16.1 Å². The third kappa shape index (κ3) is 4.07. The third-order valence-corrected chi connectivity index (χ3v) is 4.42. The Balaban J connectivity index is 1.71. The lowest BCUT2D eigenvalue weighted by Gasteiger charge is -2.08. The summed E-state index contributed by atoms with van der Waals surface area (Å²) in [6, 6.07) is 16.7. The standard InChI is InChI=1S/C18H13Br2NO3/c19-13-6-7-16(15(20)10-13)21-18(22)17-12(8-9-23-17)11-24-14-4-2-1-3-5-14/h1-10H,11H2,(H,21,22). The van der Waals surface area contributed by atoms with Gasteiger partial charge in [0.2, 0.25) is 0 Å². The fraction of sp³-hybridized carbons (Fsp3) is 0.0556. The summed E-state index contributed by atoms with van der Waals surface area (Å²) in [7, 11) is 0. The van der Waals surface area contributed by atoms with Crippen LogP contribution >= 0.6 is 31.9 Å². The van der Waals surface area contributed by atoms with Crippen LogP contribution in [0.2, 0.25) is 0 Å². The normalized spacial score (nSPS) is 10.4. The number of anilines is 1. The van der Waals surface area contributed by atoms with E-state index in [-0.39, 0.29) is 18.3 Å². The highest BCUT2D eigenvalue weighted by Gasteiger charge is 2.17. The fourth-order valence-electron chi connectivity index (χ4n) is 2.10. The summed E-state index contributed by atoms with van der Waals surface area (Å²) in [5, 5.41) is 2.82. The Morgan fingerprint density at radius 3 is 2.62 bits per heavy atom. The van der Waals surface area contributed by atoms with Crippen molar-refractivity contribution in [3.05, 3.63) is 81.1 Å². The smallest absolute Gasteiger partial charge is 0.291 e. The van der Waals surface area contributed by atoms with Crippen molar-refractivity contribution >= 4 is 43.5 Å². The van der Waals surface area contributed by atoms with Gasteiger partial charge in [-0.05, 0) is 52.3 Å². The van der Waals surface area contributed by atoms with E-state index < -0.39 is 0 Å². The molecule has 0 aliphatic heterocycles. The van der Waals surface area contributed by atoms with Gasteiger partial charge in [-0.25, -0.2) is 0 Å². The van der Waals surface area contributed by atoms with Crippen molar-refractivity contribution in [1.29, 1.82) is 0 Å². The van der Waals surface area contributed by atoms with Crippen molar-refractivity contribution in [2.24, 2.45) is 0 Å². The van der Waals surface area contributed by atoms with E-state index in [1.165, 1.54) is 6.26 Å². The number of nitrogens with one attached hydrogen (secondary N) is 1. The van der Waals surface area contributed by atoms with Crippen molar-refractivity contribution in [2.45, 2.75) is 6.61 Å². The molecule has 0 unspecified atom stereocenters. The Kier molecular flexibility index (Phi) is 5.37. The monoisotopic (exact) mass is 449 g/mol. The zero-order valence-electron chi connectivity index (χ0n) is 12.5. The highest BCUT2D eigenvalue weighted by atomic mass is 79.9. The molecule has 0 saturated carbocycles. The first-order valence-corrected chi connectivity index (χ1v) is 8.72. The number of rotatable bonds is 5. The predicted octanol–water partition coefficient (Wildman–Crippen LogP) is 5.64. The van der Waals surface area contributed by atoms with E-state index in [0.717, 1.165) is 14.7 Å². The molecule has 6 heteroatoms. The quantitative estimate of drug-likeness (QED) is 0.547. The highest BCUT2D eigenvalue weighted by molar-refractivity contribution is 9.11. The molecule has 122 valence electrons. The first-order chi connectivity index (χ1) is 11.6. The molecular weight excluding hydrogens is 438 g/mol. The SMILES string of the molecule is O=C(Nc1ccc(Br)cc1Br)c1occc1COc1ccccc1. The van der Waals surface area contributed by atoms with Gasteiger partial charge in [-0.2, -0.15) is 0 Å². The molecule has 3 rings (SSSR count). The second-order valence-electron chi connectivity index (χ2n) is 4.95. The van der Waals surface area contributed by atoms with Gasteiger partial charge >= 0.3 is 0 Å². The molecule has 1 heterocycles. The molecule has 0 bridgehead atoms. The van der Waals surface area contributed by atoms with E-state index in [2.05, 4.69) is 37.2 Å². The van der Waals surface area contributed by atoms with Crippen molar-refractivity contribution in [3.63, 3.8) is 0 Å². The van der Waals surface area contributed by atoms with E-state index in [1.807, 2.05) is 42.5 Å². The number of amides is 1. The summed E-state index contributed by atoms with van der Waals surface area (Å²) < 4.78 is 12.7. The van der Waals surface area contributed by atoms with Gasteiger partial charge in [0.15, 0.2) is 5.76 Å². The number of halogens is 2. The summed E-state index contributed by atoms with van der Waals surface area (Å²) in [6.45, 7) is 0.255. The van der Waals surface area contributed by atoms with Crippen LogP contribution in [0.3, 0.4) is 0 Å². The molecule has 4 nitrogen and oxygen atoms in total. The van der Waals surface area contributed by atoms with E-state index in [1.54, 1.807) is 12.1 Å². The molecule has 0 aliphatic rings. The summed E-state index contributed by atoms with van der Waals surface area (Å²) in [5.41, 5.74) is 1.35. The molecule has 0 saturated heterocycles. The molecule has 0 atom stereocenters. The number of hydrogen-bond donors (Lipinski definition) is 1. The minimum atomic E-state index is -0.324. The fourth-order valence-corrected chi connectivity index (χ4v) is 3.24. The summed E-state index contributed by atoms with van der Waals surface area (Å²) in [5.74, 6) is 0.649. The van der Waals surface area contributed by atoms with Crippen LogP contribution in [0.25, 0.3) is 0 Å². The average molecular weight is 451 g/mol. The van der Waals surface area contributed by atoms with Gasteiger partial charge in [-0.3, -0.25) is 4.79 Å². The summed E-state index contributed by atoms with van der Waals surface area (Å²) in [4.78, 5) is 12.5. The van der Waals surface area contributed by atoms with Gasteiger partial charge in [-0.1, -0.05) is 34.1 Å². The average Bonchev–Trinajstić information content (AvgIpc) is 3.05. The predicted molar refractivity (Wildman–Crippen MR) is 99.3 cm³/mol. The molecule has 0 fully saturated rings. The minimum Gasteiger partial charge on any atom is -0.489 e. The van der Waals surface area contributed by atoms with E-state index in [9.17, 15) is 4.79 Å². The number of ether oxygens (including phenoxy) is 1. The molecular formula is C18H13Br2NO3. The van der Waals surface area contributed by atoms with Gasteiger partial charge < -0.3 is 14.5 Å². The van der Waals surface area contributed by atoms with Crippen molar-refractivity contribution in [3.8, 4) is 5.75 Å². The van der Waals surface area contributed by atoms with E-state index in [4.69, 9.17) is 9.15 Å². The molecule has 0 spiro atoms. The third-order valence-electron chi connectivity index (χ3n) is 3.27. The van der Waals surface area contributed by atoms with Crippen LogP contribution in [0.15, 0.2) is 74.2 Å². The Labute approximate surface area is 156 Å². The van der Waals surface area contributed by atoms with E-state index >= 15 is 0 Å². The lowest BCUT2D eigenvalue weighted by atomic mass is 10.2. The maximum atomic E-state index is 12.5. The molecule has 24 heavy (non-hydrogen) atoms. The maximum absolute atomic E-state index is 12.5. The Hall–Kier alpha value is -2.05. The number of benzene rings is 2. The molecule has 2 aromatic carbocycles. The van der Waals surface area contributed by atoms with Crippen LogP contribution in [0.4, 0.5) is 5.69 Å². The number of furan rings is 1. The number of para-hydroxylation sites is 1. The van der Waals surface area contributed by atoms with Gasteiger partial charge in [0, 0.05) is 14.5 Å². The van der Waals surface area contributed by atoms with Crippen molar-refractivity contribution in [1.82, 2.24) is 0 Å². The highest BCUT2D eigenvalue weighted by Crippen LogP contribution is 2.27. The number of carbonyl (C=O) groups is 1. The lowest BCUT2D eigenvalue weighted by molar-refractivity contribution is 0.0993. The Bertz CT molecular complexity index is 846. The van der Waals surface area contributed by atoms with Crippen LogP contribution in [-0.2, 0) is 6.61 Å². The number of carbonyl (C=O) groups excluding carboxylic acids is 1. The topological polar surface area (TPSA) is 51.5 Å². The first kappa shape index (κ1) is 16.8. The second-order valence-corrected chi connectivity index (χ2v) is 6.72. The molecule has 0 aliphatic carbocycles. The van der Waals surface area contributed by atoms with Crippen molar-refractivity contribution < 1.29 is 13.9 Å². The molecule has 1 amide bonds. The number of hydrogen-bond acceptors (Lipinski definition) is 3. The first-order valence-electron chi connectivity index (χ1n) is 7.14. The van der Waals surface area contributed by atoms with Crippen LogP contribution in [-0.4, -0.2) is 5.91 Å². The zero-order chi connectivity index (χ0) is 16.9. The summed E-state index contributed by atoms with van der Waals surface area (Å²) >= 11 is 6.80. The van der Waals surface area contributed by atoms with Crippen molar-refractivity contribution in [2.75, 3.05) is 5.32 Å². The Morgan fingerprint density at radius 2 is 1.88 bits per heavy atom. The largest absolute Gasteiger partial charge is 0.489 e. The maximum Gasteiger partial charge on any atom is 0.291 e. The van der Waals surface area contributed by atoms with Crippen LogP contribution < -0.4 is 10.1 Å². The van der Waals surface area contributed by atoms with Gasteiger partial charge in [-0.15, -0.1) is 0 Å². The van der Waals surface area contributed by atoms with Crippen LogP contribution in [0.5, 0.6) is 5.75 Å². The van der Waals surface area contributed by atoms with Gasteiger partial charge in [0.25, 0.3) is 5.91 Å². The molecule has 0 radical (unpaired) electrons. The van der Waals surface area contributed by atoms with E-state index in [0.29, 0.717) is 11.3 Å². The second kappa shape index (κ2) is 7.68. The minimum absolute atomic E-state index is 0.237. The molecule has 1 N–H and O–H groups in total. The lowest BCUT2D eigenvalue weighted by Crippen LogP contribution is -2.14. The Morgan fingerprint density at radius 1 is 1.08 bits per heavy atom. The van der Waals surface area contributed by atoms with Crippen LogP contribution in [0, 0.1) is 0 Å². The zero-order valence-corrected chi connectivity index (χ0v) is 15.6. The van der Waals surface area contributed by atoms with Gasteiger partial charge in [0.1, 0.15) is 12.4 Å². The molecule has 3 aromatic rings. The molecule has 1 aromatic heterocycles. The van der Waals surface area contributed by atoms with Gasteiger partial charge in [0.05, 0.1) is 12.0 Å². The summed E-state index contributed by atoms with van der Waals surface area (Å²) in [6.07, 6.45) is 1.48.